The van der Waals surface area contributed by atoms with Gasteiger partial charge in [0.2, 0.25) is 10.0 Å². The van der Waals surface area contributed by atoms with Crippen molar-refractivity contribution in [2.24, 2.45) is 0 Å². The van der Waals surface area contributed by atoms with E-state index in [1.165, 1.54) is 12.1 Å². The lowest BCUT2D eigenvalue weighted by Crippen LogP contribution is -2.31. The van der Waals surface area contributed by atoms with Gasteiger partial charge in [0.25, 0.3) is 6.43 Å². The van der Waals surface area contributed by atoms with E-state index in [1.807, 2.05) is 0 Å². The van der Waals surface area contributed by atoms with E-state index >= 15 is 0 Å². The van der Waals surface area contributed by atoms with Gasteiger partial charge < -0.3 is 5.11 Å². The summed E-state index contributed by atoms with van der Waals surface area (Å²) in [5.41, 5.74) is 0.368. The van der Waals surface area contributed by atoms with Crippen LogP contribution in [0.3, 0.4) is 0 Å². The van der Waals surface area contributed by atoms with Crippen LogP contribution in [-0.4, -0.2) is 37.8 Å². The van der Waals surface area contributed by atoms with E-state index in [-0.39, 0.29) is 16.5 Å². The average Bonchev–Trinajstić information content (AvgIpc) is 2.27. The van der Waals surface area contributed by atoms with Crippen molar-refractivity contribution in [3.63, 3.8) is 0 Å². The third-order valence-corrected chi connectivity index (χ3v) is 4.47. The lowest BCUT2D eigenvalue weighted by atomic mass is 10.2. The van der Waals surface area contributed by atoms with Crippen LogP contribution in [0.15, 0.2) is 23.1 Å². The Bertz CT molecular complexity index is 522. The summed E-state index contributed by atoms with van der Waals surface area (Å²) in [5, 5.41) is 8.97. The van der Waals surface area contributed by atoms with E-state index in [2.05, 4.69) is 0 Å². The molecular weight excluding hydrogens is 288 g/mol. The minimum atomic E-state index is -3.99. The van der Waals surface area contributed by atoms with Crippen LogP contribution < -0.4 is 0 Å². The predicted octanol–water partition coefficient (Wildman–Crippen LogP) is 1.72. The second-order valence-corrected chi connectivity index (χ2v) is 6.04. The molecule has 8 heteroatoms. The summed E-state index contributed by atoms with van der Waals surface area (Å²) in [6, 6.07) is 3.69. The highest BCUT2D eigenvalue weighted by molar-refractivity contribution is 7.89. The minimum Gasteiger partial charge on any atom is -0.392 e. The molecule has 0 aliphatic heterocycles. The quantitative estimate of drug-likeness (QED) is 0.900. The van der Waals surface area contributed by atoms with Crippen LogP contribution >= 0.6 is 11.6 Å². The molecule has 0 aromatic heterocycles. The smallest absolute Gasteiger partial charge is 0.252 e. The first-order valence-electron chi connectivity index (χ1n) is 4.92. The topological polar surface area (TPSA) is 57.6 Å². The van der Waals surface area contributed by atoms with Crippen LogP contribution in [0.1, 0.15) is 5.56 Å². The molecule has 0 unspecified atom stereocenters. The van der Waals surface area contributed by atoms with Crippen LogP contribution in [-0.2, 0) is 16.6 Å². The number of aliphatic hydroxyl groups is 1. The van der Waals surface area contributed by atoms with Crippen LogP contribution in [0.2, 0.25) is 5.02 Å². The Labute approximate surface area is 109 Å². The first-order valence-corrected chi connectivity index (χ1v) is 6.74. The Balaban J connectivity index is 3.09. The van der Waals surface area contributed by atoms with Crippen molar-refractivity contribution in [2.75, 3.05) is 13.6 Å². The summed E-state index contributed by atoms with van der Waals surface area (Å²) in [5.74, 6) is 0. The zero-order valence-electron chi connectivity index (χ0n) is 9.48. The number of alkyl halides is 2. The Morgan fingerprint density at radius 3 is 2.50 bits per heavy atom. The Morgan fingerprint density at radius 2 is 2.06 bits per heavy atom. The van der Waals surface area contributed by atoms with Crippen molar-refractivity contribution in [1.29, 1.82) is 0 Å². The second-order valence-electron chi connectivity index (χ2n) is 3.59. The van der Waals surface area contributed by atoms with Gasteiger partial charge in [-0.2, -0.15) is 4.31 Å². The zero-order valence-corrected chi connectivity index (χ0v) is 11.0. The molecule has 0 saturated heterocycles. The van der Waals surface area contributed by atoms with Gasteiger partial charge >= 0.3 is 0 Å². The third kappa shape index (κ3) is 3.38. The molecule has 1 aromatic rings. The molecule has 0 atom stereocenters. The van der Waals surface area contributed by atoms with Gasteiger partial charge in [-0.15, -0.1) is 0 Å². The van der Waals surface area contributed by atoms with E-state index in [1.54, 1.807) is 0 Å². The van der Waals surface area contributed by atoms with E-state index in [0.717, 1.165) is 13.1 Å². The van der Waals surface area contributed by atoms with Crippen LogP contribution in [0.4, 0.5) is 8.78 Å². The zero-order chi connectivity index (χ0) is 13.9. The molecule has 0 radical (unpaired) electrons. The Hall–Kier alpha value is -0.760. The van der Waals surface area contributed by atoms with Crippen LogP contribution in [0.25, 0.3) is 0 Å². The van der Waals surface area contributed by atoms with E-state index < -0.39 is 23.0 Å². The maximum absolute atomic E-state index is 12.2. The summed E-state index contributed by atoms with van der Waals surface area (Å²) in [4.78, 5) is -0.187. The molecule has 1 aromatic carbocycles. The van der Waals surface area contributed by atoms with Gasteiger partial charge in [0.1, 0.15) is 0 Å². The maximum atomic E-state index is 12.2. The number of halogens is 3. The fourth-order valence-electron chi connectivity index (χ4n) is 1.29. The normalized spacial score (nSPS) is 12.4. The molecule has 0 aliphatic rings. The fourth-order valence-corrected chi connectivity index (χ4v) is 2.77. The number of benzene rings is 1. The van der Waals surface area contributed by atoms with Gasteiger partial charge in [-0.3, -0.25) is 0 Å². The molecule has 0 bridgehead atoms. The SMILES string of the molecule is CN(CC(F)F)S(=O)(=O)c1ccc(CO)c(Cl)c1. The largest absolute Gasteiger partial charge is 0.392 e. The lowest BCUT2D eigenvalue weighted by Gasteiger charge is -2.17. The van der Waals surface area contributed by atoms with Gasteiger partial charge in [-0.25, -0.2) is 17.2 Å². The number of hydrogen-bond acceptors (Lipinski definition) is 3. The van der Waals surface area contributed by atoms with Gasteiger partial charge in [-0.05, 0) is 17.7 Å². The molecular formula is C10H12ClF2NO3S. The number of sulfonamides is 1. The molecule has 18 heavy (non-hydrogen) atoms. The Kier molecular flexibility index (Phi) is 5.03. The number of aliphatic hydroxyl groups excluding tert-OH is 1. The average molecular weight is 300 g/mol. The van der Waals surface area contributed by atoms with Crippen molar-refractivity contribution in [3.8, 4) is 0 Å². The monoisotopic (exact) mass is 299 g/mol. The molecule has 0 heterocycles. The standard InChI is InChI=1S/C10H12ClF2NO3S/c1-14(5-10(12)13)18(16,17)8-3-2-7(6-15)9(11)4-8/h2-4,10,15H,5-6H2,1H3. The fraction of sp³-hybridized carbons (Fsp3) is 0.400. The molecule has 4 nitrogen and oxygen atoms in total. The third-order valence-electron chi connectivity index (χ3n) is 2.30. The molecule has 1 N–H and O–H groups in total. The van der Waals surface area contributed by atoms with Crippen molar-refractivity contribution < 1.29 is 22.3 Å². The summed E-state index contributed by atoms with van der Waals surface area (Å²) in [6.45, 7) is -1.21. The van der Waals surface area contributed by atoms with Crippen LogP contribution in [0, 0.1) is 0 Å². The minimum absolute atomic E-state index is 0.0732. The molecule has 1 rings (SSSR count). The van der Waals surface area contributed by atoms with Gasteiger partial charge in [0.15, 0.2) is 0 Å². The van der Waals surface area contributed by atoms with Gasteiger partial charge in [0, 0.05) is 12.1 Å². The van der Waals surface area contributed by atoms with Crippen molar-refractivity contribution in [2.45, 2.75) is 17.9 Å². The summed E-state index contributed by atoms with van der Waals surface area (Å²) in [7, 11) is -2.93. The highest BCUT2D eigenvalue weighted by Crippen LogP contribution is 2.23. The van der Waals surface area contributed by atoms with Crippen molar-refractivity contribution in [1.82, 2.24) is 4.31 Å². The second kappa shape index (κ2) is 5.92. The number of nitrogens with zero attached hydrogens (tertiary/aromatic N) is 1. The summed E-state index contributed by atoms with van der Waals surface area (Å²) >= 11 is 5.75. The van der Waals surface area contributed by atoms with Gasteiger partial charge in [-0.1, -0.05) is 17.7 Å². The molecule has 102 valence electrons. The molecule has 0 spiro atoms. The summed E-state index contributed by atoms with van der Waals surface area (Å²) < 4.78 is 48.7. The molecule has 0 fully saturated rings. The maximum Gasteiger partial charge on any atom is 0.252 e. The summed E-state index contributed by atoms with van der Waals surface area (Å²) in [6.07, 6.45) is -2.75. The molecule has 0 amide bonds. The predicted molar refractivity (Wildman–Crippen MR) is 63.2 cm³/mol. The molecule has 0 saturated carbocycles. The van der Waals surface area contributed by atoms with E-state index in [9.17, 15) is 17.2 Å². The first kappa shape index (κ1) is 15.3. The number of rotatable bonds is 5. The lowest BCUT2D eigenvalue weighted by molar-refractivity contribution is 0.126. The number of hydrogen-bond donors (Lipinski definition) is 1. The van der Waals surface area contributed by atoms with Crippen molar-refractivity contribution in [3.05, 3.63) is 28.8 Å². The Morgan fingerprint density at radius 1 is 1.44 bits per heavy atom. The highest BCUT2D eigenvalue weighted by atomic mass is 35.5. The van der Waals surface area contributed by atoms with Gasteiger partial charge in [0.05, 0.1) is 18.0 Å². The highest BCUT2D eigenvalue weighted by Gasteiger charge is 2.24. The van der Waals surface area contributed by atoms with E-state index in [0.29, 0.717) is 9.87 Å². The first-order chi connectivity index (χ1) is 8.28. The van der Waals surface area contributed by atoms with E-state index in [4.69, 9.17) is 16.7 Å². The van der Waals surface area contributed by atoms with Crippen molar-refractivity contribution >= 4 is 21.6 Å². The molecule has 0 aliphatic carbocycles. The van der Waals surface area contributed by atoms with Crippen LogP contribution in [0.5, 0.6) is 0 Å².